The topological polar surface area (TPSA) is 52.3 Å². The lowest BCUT2D eigenvalue weighted by molar-refractivity contribution is 0.0601. The molecule has 1 unspecified atom stereocenters. The Morgan fingerprint density at radius 3 is 2.53 bits per heavy atom. The molecule has 0 amide bonds. The summed E-state index contributed by atoms with van der Waals surface area (Å²) >= 11 is 1.69. The van der Waals surface area contributed by atoms with Crippen molar-refractivity contribution in [2.24, 2.45) is 5.92 Å². The third-order valence-electron chi connectivity index (χ3n) is 2.72. The van der Waals surface area contributed by atoms with Crippen LogP contribution in [0.2, 0.25) is 0 Å². The molecule has 0 heterocycles. The summed E-state index contributed by atoms with van der Waals surface area (Å²) in [6.07, 6.45) is 0. The molecule has 1 aromatic rings. The molecule has 0 aromatic heterocycles. The Bertz CT molecular complexity index is 404. The minimum Gasteiger partial charge on any atom is -0.465 e. The fourth-order valence-corrected chi connectivity index (χ4v) is 2.34. The number of rotatable bonds is 4. The van der Waals surface area contributed by atoms with Gasteiger partial charge in [0.05, 0.1) is 18.4 Å². The van der Waals surface area contributed by atoms with Crippen molar-refractivity contribution in [1.29, 1.82) is 0 Å². The van der Waals surface area contributed by atoms with Crippen LogP contribution < -0.4 is 5.73 Å². The van der Waals surface area contributed by atoms with Gasteiger partial charge in [0.15, 0.2) is 0 Å². The highest BCUT2D eigenvalue weighted by molar-refractivity contribution is 8.00. The number of hydrogen-bond acceptors (Lipinski definition) is 4. The lowest BCUT2D eigenvalue weighted by Gasteiger charge is -2.17. The molecule has 3 nitrogen and oxygen atoms in total. The molecule has 1 rings (SSSR count). The van der Waals surface area contributed by atoms with Gasteiger partial charge >= 0.3 is 5.97 Å². The molecule has 0 fully saturated rings. The molecule has 0 aliphatic heterocycles. The first-order chi connectivity index (χ1) is 7.97. The van der Waals surface area contributed by atoms with Crippen LogP contribution in [-0.4, -0.2) is 18.3 Å². The van der Waals surface area contributed by atoms with E-state index in [0.717, 1.165) is 4.90 Å². The Balaban J connectivity index is 2.98. The van der Waals surface area contributed by atoms with Gasteiger partial charge < -0.3 is 10.5 Å². The maximum absolute atomic E-state index is 11.5. The molecule has 0 spiro atoms. The predicted molar refractivity (Wildman–Crippen MR) is 72.4 cm³/mol. The van der Waals surface area contributed by atoms with Gasteiger partial charge in [-0.1, -0.05) is 26.8 Å². The summed E-state index contributed by atoms with van der Waals surface area (Å²) in [5, 5.41) is 0.449. The second-order valence-corrected chi connectivity index (χ2v) is 5.70. The number of benzene rings is 1. The quantitative estimate of drug-likeness (QED) is 0.508. The normalized spacial score (nSPS) is 12.5. The van der Waals surface area contributed by atoms with Crippen LogP contribution in [0.3, 0.4) is 0 Å². The first-order valence-corrected chi connectivity index (χ1v) is 6.48. The van der Waals surface area contributed by atoms with Crippen molar-refractivity contribution in [3.05, 3.63) is 23.8 Å². The number of para-hydroxylation sites is 1. The maximum Gasteiger partial charge on any atom is 0.339 e. The molecule has 0 radical (unpaired) electrons. The summed E-state index contributed by atoms with van der Waals surface area (Å²) < 4.78 is 4.70. The third-order valence-corrected chi connectivity index (χ3v) is 4.25. The number of hydrogen-bond donors (Lipinski definition) is 1. The average molecular weight is 253 g/mol. The van der Waals surface area contributed by atoms with Crippen LogP contribution in [-0.2, 0) is 4.74 Å². The van der Waals surface area contributed by atoms with E-state index in [1.165, 1.54) is 7.11 Å². The number of anilines is 1. The fraction of sp³-hybridized carbons (Fsp3) is 0.462. The molecule has 2 N–H and O–H groups in total. The monoisotopic (exact) mass is 253 g/mol. The molecule has 0 aliphatic carbocycles. The second kappa shape index (κ2) is 5.96. The highest BCUT2D eigenvalue weighted by atomic mass is 32.2. The van der Waals surface area contributed by atoms with Gasteiger partial charge in [-0.05, 0) is 18.1 Å². The van der Waals surface area contributed by atoms with Crippen molar-refractivity contribution in [2.75, 3.05) is 12.8 Å². The van der Waals surface area contributed by atoms with Crippen LogP contribution in [0, 0.1) is 5.92 Å². The van der Waals surface area contributed by atoms with E-state index in [4.69, 9.17) is 10.5 Å². The minimum absolute atomic E-state index is 0.387. The first-order valence-electron chi connectivity index (χ1n) is 5.60. The Labute approximate surface area is 107 Å². The Kier molecular flexibility index (Phi) is 4.87. The maximum atomic E-state index is 11.5. The molecular weight excluding hydrogens is 234 g/mol. The summed E-state index contributed by atoms with van der Waals surface area (Å²) in [6, 6.07) is 5.45. The molecule has 1 atom stereocenters. The number of ether oxygens (including phenoxy) is 1. The van der Waals surface area contributed by atoms with Gasteiger partial charge in [0.25, 0.3) is 0 Å². The SMILES string of the molecule is COC(=O)c1cccc(SC(C)C(C)C)c1N. The van der Waals surface area contributed by atoms with Gasteiger partial charge in [0.1, 0.15) is 0 Å². The van der Waals surface area contributed by atoms with Crippen LogP contribution in [0.1, 0.15) is 31.1 Å². The van der Waals surface area contributed by atoms with Gasteiger partial charge in [0.2, 0.25) is 0 Å². The lowest BCUT2D eigenvalue weighted by atomic mass is 10.1. The van der Waals surface area contributed by atoms with E-state index in [1.807, 2.05) is 12.1 Å². The van der Waals surface area contributed by atoms with Crippen LogP contribution >= 0.6 is 11.8 Å². The van der Waals surface area contributed by atoms with Gasteiger partial charge in [-0.15, -0.1) is 11.8 Å². The van der Waals surface area contributed by atoms with Gasteiger partial charge in [0, 0.05) is 10.1 Å². The Hall–Kier alpha value is -1.16. The van der Waals surface area contributed by atoms with E-state index >= 15 is 0 Å². The molecule has 0 saturated heterocycles. The van der Waals surface area contributed by atoms with Crippen molar-refractivity contribution < 1.29 is 9.53 Å². The van der Waals surface area contributed by atoms with Gasteiger partial charge in [-0.2, -0.15) is 0 Å². The van der Waals surface area contributed by atoms with Crippen LogP contribution in [0.5, 0.6) is 0 Å². The van der Waals surface area contributed by atoms with Crippen LogP contribution in [0.4, 0.5) is 5.69 Å². The van der Waals surface area contributed by atoms with Crippen molar-refractivity contribution in [1.82, 2.24) is 0 Å². The number of carbonyl (C=O) groups excluding carboxylic acids is 1. The fourth-order valence-electron chi connectivity index (χ4n) is 1.27. The van der Waals surface area contributed by atoms with E-state index < -0.39 is 0 Å². The zero-order chi connectivity index (χ0) is 13.0. The van der Waals surface area contributed by atoms with Crippen molar-refractivity contribution in [3.63, 3.8) is 0 Å². The zero-order valence-corrected chi connectivity index (χ0v) is 11.5. The van der Waals surface area contributed by atoms with Crippen molar-refractivity contribution >= 4 is 23.4 Å². The van der Waals surface area contributed by atoms with Crippen LogP contribution in [0.15, 0.2) is 23.1 Å². The number of methoxy groups -OCH3 is 1. The van der Waals surface area contributed by atoms with E-state index in [-0.39, 0.29) is 5.97 Å². The van der Waals surface area contributed by atoms with E-state index in [9.17, 15) is 4.79 Å². The average Bonchev–Trinajstić information content (AvgIpc) is 2.30. The summed E-state index contributed by atoms with van der Waals surface area (Å²) in [7, 11) is 1.36. The summed E-state index contributed by atoms with van der Waals surface area (Å²) in [4.78, 5) is 12.4. The standard InChI is InChI=1S/C13H19NO2S/c1-8(2)9(3)17-11-7-5-6-10(12(11)14)13(15)16-4/h5-9H,14H2,1-4H3. The largest absolute Gasteiger partial charge is 0.465 e. The number of nitrogen functional groups attached to an aromatic ring is 1. The summed E-state index contributed by atoms with van der Waals surface area (Å²) in [5.41, 5.74) is 6.94. The van der Waals surface area contributed by atoms with E-state index in [0.29, 0.717) is 22.4 Å². The number of esters is 1. The van der Waals surface area contributed by atoms with E-state index in [1.54, 1.807) is 17.8 Å². The van der Waals surface area contributed by atoms with Gasteiger partial charge in [-0.25, -0.2) is 4.79 Å². The predicted octanol–water partition coefficient (Wildman–Crippen LogP) is 3.19. The molecule has 0 saturated carbocycles. The molecule has 94 valence electrons. The molecular formula is C13H19NO2S. The van der Waals surface area contributed by atoms with Crippen molar-refractivity contribution in [2.45, 2.75) is 30.9 Å². The second-order valence-electron chi connectivity index (χ2n) is 4.28. The van der Waals surface area contributed by atoms with E-state index in [2.05, 4.69) is 20.8 Å². The molecule has 0 aliphatic rings. The summed E-state index contributed by atoms with van der Waals surface area (Å²) in [5.74, 6) is 0.170. The highest BCUT2D eigenvalue weighted by Crippen LogP contribution is 2.33. The van der Waals surface area contributed by atoms with Crippen molar-refractivity contribution in [3.8, 4) is 0 Å². The lowest BCUT2D eigenvalue weighted by Crippen LogP contribution is -2.09. The Morgan fingerprint density at radius 1 is 1.35 bits per heavy atom. The number of nitrogens with two attached hydrogens (primary N) is 1. The first kappa shape index (κ1) is 13.9. The molecule has 4 heteroatoms. The molecule has 1 aromatic carbocycles. The smallest absolute Gasteiger partial charge is 0.339 e. The highest BCUT2D eigenvalue weighted by Gasteiger charge is 2.16. The minimum atomic E-state index is -0.387. The van der Waals surface area contributed by atoms with Gasteiger partial charge in [-0.3, -0.25) is 0 Å². The Morgan fingerprint density at radius 2 is 2.00 bits per heavy atom. The molecule has 0 bridgehead atoms. The number of thioether (sulfide) groups is 1. The third kappa shape index (κ3) is 3.40. The summed E-state index contributed by atoms with van der Waals surface area (Å²) in [6.45, 7) is 6.48. The zero-order valence-electron chi connectivity index (χ0n) is 10.7. The molecule has 17 heavy (non-hydrogen) atoms. The number of carbonyl (C=O) groups is 1. The van der Waals surface area contributed by atoms with Crippen LogP contribution in [0.25, 0.3) is 0 Å².